The Balaban J connectivity index is 1.64. The van der Waals surface area contributed by atoms with Crippen LogP contribution in [-0.2, 0) is 33.6 Å². The molecule has 0 saturated carbocycles. The van der Waals surface area contributed by atoms with E-state index in [1.807, 2.05) is 31.3 Å². The van der Waals surface area contributed by atoms with Gasteiger partial charge in [-0.15, -0.1) is 0 Å². The van der Waals surface area contributed by atoms with Crippen LogP contribution in [0.15, 0.2) is 53.5 Å². The SMILES string of the molecule is CN=C(NCc1ccccc1CS(=O)(=O)N1CCOCC1)N(C)Cc1ccc(C)cc1. The van der Waals surface area contributed by atoms with Crippen molar-refractivity contribution in [1.29, 1.82) is 0 Å². The summed E-state index contributed by atoms with van der Waals surface area (Å²) < 4.78 is 32.5. The number of nitrogens with one attached hydrogen (secondary N) is 1. The van der Waals surface area contributed by atoms with Crippen molar-refractivity contribution in [3.05, 3.63) is 70.8 Å². The Hall–Kier alpha value is -2.42. The highest BCUT2D eigenvalue weighted by Gasteiger charge is 2.25. The zero-order valence-electron chi connectivity index (χ0n) is 18.5. The molecular formula is C23H32N4O3S. The minimum Gasteiger partial charge on any atom is -0.379 e. The van der Waals surface area contributed by atoms with Gasteiger partial charge in [0.25, 0.3) is 0 Å². The lowest BCUT2D eigenvalue weighted by atomic mass is 10.1. The normalized spacial score (nSPS) is 15.6. The van der Waals surface area contributed by atoms with Crippen LogP contribution in [0.1, 0.15) is 22.3 Å². The lowest BCUT2D eigenvalue weighted by Gasteiger charge is -2.26. The van der Waals surface area contributed by atoms with Gasteiger partial charge in [-0.2, -0.15) is 4.31 Å². The Morgan fingerprint density at radius 1 is 1.10 bits per heavy atom. The molecule has 0 aromatic heterocycles. The fourth-order valence-electron chi connectivity index (χ4n) is 3.58. The molecule has 2 aromatic rings. The van der Waals surface area contributed by atoms with Gasteiger partial charge in [-0.1, -0.05) is 54.1 Å². The Labute approximate surface area is 185 Å². The largest absolute Gasteiger partial charge is 0.379 e. The number of rotatable bonds is 7. The molecule has 0 unspecified atom stereocenters. The van der Waals surface area contributed by atoms with E-state index in [9.17, 15) is 8.42 Å². The van der Waals surface area contributed by atoms with Gasteiger partial charge in [-0.3, -0.25) is 4.99 Å². The number of guanidine groups is 1. The van der Waals surface area contributed by atoms with Crippen LogP contribution in [-0.4, -0.2) is 64.0 Å². The molecule has 2 aromatic carbocycles. The van der Waals surface area contributed by atoms with Crippen LogP contribution in [0.25, 0.3) is 0 Å². The summed E-state index contributed by atoms with van der Waals surface area (Å²) in [4.78, 5) is 6.44. The highest BCUT2D eigenvalue weighted by molar-refractivity contribution is 7.88. The monoisotopic (exact) mass is 444 g/mol. The second kappa shape index (κ2) is 10.7. The number of benzene rings is 2. The van der Waals surface area contributed by atoms with E-state index < -0.39 is 10.0 Å². The molecule has 3 rings (SSSR count). The molecule has 0 bridgehead atoms. The molecule has 1 aliphatic rings. The van der Waals surface area contributed by atoms with Crippen LogP contribution in [0.3, 0.4) is 0 Å². The van der Waals surface area contributed by atoms with Gasteiger partial charge in [-0.25, -0.2) is 8.42 Å². The van der Waals surface area contributed by atoms with E-state index >= 15 is 0 Å². The summed E-state index contributed by atoms with van der Waals surface area (Å²) in [5.41, 5.74) is 4.19. The molecule has 0 radical (unpaired) electrons. The number of aliphatic imine (C=N–C) groups is 1. The summed E-state index contributed by atoms with van der Waals surface area (Å²) in [7, 11) is 0.364. The molecule has 0 amide bonds. The van der Waals surface area contributed by atoms with Gasteiger partial charge >= 0.3 is 0 Å². The fourth-order valence-corrected chi connectivity index (χ4v) is 5.15. The van der Waals surface area contributed by atoms with Crippen LogP contribution >= 0.6 is 0 Å². The quantitative estimate of drug-likeness (QED) is 0.524. The van der Waals surface area contributed by atoms with Gasteiger partial charge in [-0.05, 0) is 23.6 Å². The molecule has 0 atom stereocenters. The van der Waals surface area contributed by atoms with Crippen LogP contribution in [0.5, 0.6) is 0 Å². The molecule has 1 N–H and O–H groups in total. The van der Waals surface area contributed by atoms with E-state index in [1.165, 1.54) is 15.4 Å². The van der Waals surface area contributed by atoms with E-state index in [2.05, 4.69) is 46.4 Å². The van der Waals surface area contributed by atoms with E-state index in [4.69, 9.17) is 4.74 Å². The molecule has 31 heavy (non-hydrogen) atoms. The molecule has 1 heterocycles. The van der Waals surface area contributed by atoms with Crippen molar-refractivity contribution >= 4 is 16.0 Å². The lowest BCUT2D eigenvalue weighted by molar-refractivity contribution is 0.0729. The molecule has 1 fully saturated rings. The van der Waals surface area contributed by atoms with Crippen LogP contribution in [0.2, 0.25) is 0 Å². The van der Waals surface area contributed by atoms with E-state index in [1.54, 1.807) is 7.05 Å². The van der Waals surface area contributed by atoms with Crippen molar-refractivity contribution in [2.24, 2.45) is 4.99 Å². The van der Waals surface area contributed by atoms with Crippen molar-refractivity contribution in [3.8, 4) is 0 Å². The Morgan fingerprint density at radius 2 is 1.74 bits per heavy atom. The summed E-state index contributed by atoms with van der Waals surface area (Å²) in [5, 5.41) is 3.37. The zero-order valence-corrected chi connectivity index (χ0v) is 19.4. The van der Waals surface area contributed by atoms with Gasteiger partial charge in [0, 0.05) is 40.3 Å². The predicted molar refractivity (Wildman–Crippen MR) is 124 cm³/mol. The maximum absolute atomic E-state index is 12.9. The van der Waals surface area contributed by atoms with Crippen molar-refractivity contribution in [2.75, 3.05) is 40.4 Å². The van der Waals surface area contributed by atoms with Crippen LogP contribution < -0.4 is 5.32 Å². The van der Waals surface area contributed by atoms with Gasteiger partial charge in [0.2, 0.25) is 10.0 Å². The first-order chi connectivity index (χ1) is 14.9. The van der Waals surface area contributed by atoms with E-state index in [0.717, 1.165) is 23.6 Å². The molecule has 1 saturated heterocycles. The second-order valence-corrected chi connectivity index (χ2v) is 9.75. The molecule has 1 aliphatic heterocycles. The molecule has 0 aliphatic carbocycles. The molecule has 0 spiro atoms. The molecule has 7 nitrogen and oxygen atoms in total. The fraction of sp³-hybridized carbons (Fsp3) is 0.435. The number of hydrogen-bond acceptors (Lipinski definition) is 4. The zero-order chi connectivity index (χ0) is 22.3. The van der Waals surface area contributed by atoms with Gasteiger partial charge in [0.15, 0.2) is 5.96 Å². The van der Waals surface area contributed by atoms with Crippen LogP contribution in [0.4, 0.5) is 0 Å². The summed E-state index contributed by atoms with van der Waals surface area (Å²) >= 11 is 0. The number of sulfonamides is 1. The number of aryl methyl sites for hydroxylation is 1. The first-order valence-corrected chi connectivity index (χ1v) is 12.1. The standard InChI is InChI=1S/C23H32N4O3S/c1-19-8-10-20(11-9-19)17-26(3)23(24-2)25-16-21-6-4-5-7-22(21)18-31(28,29)27-12-14-30-15-13-27/h4-11H,12-18H2,1-3H3,(H,24,25). The minimum atomic E-state index is -3.38. The third-order valence-corrected chi connectivity index (χ3v) is 7.20. The maximum atomic E-state index is 12.9. The smallest absolute Gasteiger partial charge is 0.218 e. The highest BCUT2D eigenvalue weighted by Crippen LogP contribution is 2.17. The first kappa shape index (κ1) is 23.2. The summed E-state index contributed by atoms with van der Waals surface area (Å²) in [6.45, 7) is 5.04. The summed E-state index contributed by atoms with van der Waals surface area (Å²) in [6.07, 6.45) is 0. The minimum absolute atomic E-state index is 0.0112. The molecule has 168 valence electrons. The highest BCUT2D eigenvalue weighted by atomic mass is 32.2. The number of ether oxygens (including phenoxy) is 1. The van der Waals surface area contributed by atoms with Crippen LogP contribution in [0, 0.1) is 6.92 Å². The van der Waals surface area contributed by atoms with Crippen molar-refractivity contribution < 1.29 is 13.2 Å². The second-order valence-electron chi connectivity index (χ2n) is 7.78. The van der Waals surface area contributed by atoms with Crippen molar-refractivity contribution in [3.63, 3.8) is 0 Å². The molecular weight excluding hydrogens is 412 g/mol. The average Bonchev–Trinajstić information content (AvgIpc) is 2.77. The predicted octanol–water partition coefficient (Wildman–Crippen LogP) is 2.36. The number of morpholine rings is 1. The van der Waals surface area contributed by atoms with Crippen molar-refractivity contribution in [1.82, 2.24) is 14.5 Å². The summed E-state index contributed by atoms with van der Waals surface area (Å²) in [5.74, 6) is 0.745. The topological polar surface area (TPSA) is 74.2 Å². The lowest BCUT2D eigenvalue weighted by Crippen LogP contribution is -2.41. The number of hydrogen-bond donors (Lipinski definition) is 1. The third kappa shape index (κ3) is 6.53. The first-order valence-electron chi connectivity index (χ1n) is 10.5. The number of nitrogens with zero attached hydrogens (tertiary/aromatic N) is 3. The maximum Gasteiger partial charge on any atom is 0.218 e. The van der Waals surface area contributed by atoms with Gasteiger partial charge in [0.05, 0.1) is 19.0 Å². The third-order valence-electron chi connectivity index (χ3n) is 5.37. The van der Waals surface area contributed by atoms with Gasteiger partial charge < -0.3 is 15.0 Å². The Kier molecular flexibility index (Phi) is 8.06. The Bertz CT molecular complexity index is 984. The van der Waals surface area contributed by atoms with Crippen molar-refractivity contribution in [2.45, 2.75) is 25.8 Å². The average molecular weight is 445 g/mol. The van der Waals surface area contributed by atoms with Gasteiger partial charge in [0.1, 0.15) is 0 Å². The Morgan fingerprint density at radius 3 is 2.39 bits per heavy atom. The summed E-state index contributed by atoms with van der Waals surface area (Å²) in [6, 6.07) is 16.1. The van der Waals surface area contributed by atoms with E-state index in [0.29, 0.717) is 32.8 Å². The van der Waals surface area contributed by atoms with E-state index in [-0.39, 0.29) is 5.75 Å². The molecule has 8 heteroatoms.